The zero-order valence-corrected chi connectivity index (χ0v) is 20.1. The second-order valence-electron chi connectivity index (χ2n) is 6.98. The molecule has 3 aromatic rings. The SMILES string of the molecule is CCN(CC)c1ccc(NC(=O)c2ccc(Cl)nc2)cc1S(=O)(=O)Nc1ccccc1OC. The van der Waals surface area contributed by atoms with E-state index in [0.717, 1.165) is 0 Å². The van der Waals surface area contributed by atoms with Crippen LogP contribution in [0.1, 0.15) is 24.2 Å². The minimum atomic E-state index is -4.02. The lowest BCUT2D eigenvalue weighted by atomic mass is 10.2. The summed E-state index contributed by atoms with van der Waals surface area (Å²) in [6.07, 6.45) is 1.35. The summed E-state index contributed by atoms with van der Waals surface area (Å²) < 4.78 is 34.8. The third-order valence-electron chi connectivity index (χ3n) is 4.95. The average Bonchev–Trinajstić information content (AvgIpc) is 2.81. The zero-order chi connectivity index (χ0) is 24.0. The average molecular weight is 489 g/mol. The first-order valence-electron chi connectivity index (χ1n) is 10.3. The van der Waals surface area contributed by atoms with E-state index in [1.54, 1.807) is 36.4 Å². The number of anilines is 3. The Kier molecular flexibility index (Phi) is 7.78. The Bertz CT molecular complexity index is 1230. The number of pyridine rings is 1. The molecule has 1 aromatic heterocycles. The Labute approximate surface area is 198 Å². The van der Waals surface area contributed by atoms with E-state index in [2.05, 4.69) is 15.0 Å². The van der Waals surface area contributed by atoms with Gasteiger partial charge in [0.05, 0.1) is 24.0 Å². The molecule has 2 N–H and O–H groups in total. The van der Waals surface area contributed by atoms with Crippen LogP contribution in [0.3, 0.4) is 0 Å². The smallest absolute Gasteiger partial charge is 0.264 e. The summed E-state index contributed by atoms with van der Waals surface area (Å²) in [5.41, 5.74) is 1.45. The number of carbonyl (C=O) groups is 1. The molecule has 0 unspecified atom stereocenters. The standard InChI is InChI=1S/C23H25ClN4O4S/c1-4-28(5-2)19-12-11-17(26-23(29)16-10-13-22(24)25-15-16)14-21(19)33(30,31)27-18-8-6-7-9-20(18)32-3/h6-15,27H,4-5H2,1-3H3,(H,26,29). The van der Waals surface area contributed by atoms with Gasteiger partial charge in [-0.1, -0.05) is 23.7 Å². The van der Waals surface area contributed by atoms with E-state index in [1.807, 2.05) is 18.7 Å². The van der Waals surface area contributed by atoms with Gasteiger partial charge in [-0.05, 0) is 56.3 Å². The molecule has 33 heavy (non-hydrogen) atoms. The number of sulfonamides is 1. The van der Waals surface area contributed by atoms with E-state index in [-0.39, 0.29) is 10.0 Å². The van der Waals surface area contributed by atoms with Crippen molar-refractivity contribution in [3.05, 3.63) is 71.5 Å². The summed E-state index contributed by atoms with van der Waals surface area (Å²) in [5.74, 6) is -0.0408. The molecule has 0 aliphatic carbocycles. The maximum absolute atomic E-state index is 13.4. The molecule has 174 valence electrons. The topological polar surface area (TPSA) is 101 Å². The highest BCUT2D eigenvalue weighted by atomic mass is 35.5. The predicted octanol–water partition coefficient (Wildman–Crippen LogP) is 4.64. The Morgan fingerprint density at radius 3 is 2.45 bits per heavy atom. The number of carbonyl (C=O) groups excluding carboxylic acids is 1. The second-order valence-corrected chi connectivity index (χ2v) is 9.02. The minimum absolute atomic E-state index is 0.0316. The van der Waals surface area contributed by atoms with Gasteiger partial charge in [0.2, 0.25) is 0 Å². The highest BCUT2D eigenvalue weighted by Crippen LogP contribution is 2.32. The number of hydrogen-bond acceptors (Lipinski definition) is 6. The monoisotopic (exact) mass is 488 g/mol. The van der Waals surface area contributed by atoms with Crippen LogP contribution in [0.15, 0.2) is 65.7 Å². The van der Waals surface area contributed by atoms with E-state index >= 15 is 0 Å². The molecule has 0 bridgehead atoms. The Balaban J connectivity index is 2.01. The number of halogens is 1. The zero-order valence-electron chi connectivity index (χ0n) is 18.5. The van der Waals surface area contributed by atoms with Crippen LogP contribution in [0.2, 0.25) is 5.15 Å². The summed E-state index contributed by atoms with van der Waals surface area (Å²) in [7, 11) is -2.55. The molecule has 3 rings (SSSR count). The molecular formula is C23H25ClN4O4S. The van der Waals surface area contributed by atoms with Gasteiger partial charge in [-0.3, -0.25) is 9.52 Å². The highest BCUT2D eigenvalue weighted by Gasteiger charge is 2.24. The van der Waals surface area contributed by atoms with Crippen LogP contribution in [0.4, 0.5) is 17.1 Å². The number of methoxy groups -OCH3 is 1. The van der Waals surface area contributed by atoms with E-state index in [9.17, 15) is 13.2 Å². The van der Waals surface area contributed by atoms with Gasteiger partial charge >= 0.3 is 0 Å². The molecular weight excluding hydrogens is 464 g/mol. The molecule has 2 aromatic carbocycles. The minimum Gasteiger partial charge on any atom is -0.495 e. The number of amides is 1. The van der Waals surface area contributed by atoms with Crippen LogP contribution in [-0.2, 0) is 10.0 Å². The molecule has 0 aliphatic rings. The first-order chi connectivity index (χ1) is 15.8. The van der Waals surface area contributed by atoms with Gasteiger partial charge in [0, 0.05) is 25.0 Å². The fourth-order valence-electron chi connectivity index (χ4n) is 3.27. The largest absolute Gasteiger partial charge is 0.495 e. The number of ether oxygens (including phenoxy) is 1. The van der Waals surface area contributed by atoms with Crippen LogP contribution in [0, 0.1) is 0 Å². The van der Waals surface area contributed by atoms with Crippen molar-refractivity contribution in [1.82, 2.24) is 4.98 Å². The molecule has 0 fully saturated rings. The molecule has 10 heteroatoms. The lowest BCUT2D eigenvalue weighted by Crippen LogP contribution is -2.26. The van der Waals surface area contributed by atoms with Crippen LogP contribution >= 0.6 is 11.6 Å². The van der Waals surface area contributed by atoms with Gasteiger partial charge in [0.25, 0.3) is 15.9 Å². The van der Waals surface area contributed by atoms with Crippen molar-refractivity contribution in [2.45, 2.75) is 18.7 Å². The van der Waals surface area contributed by atoms with Crippen molar-refractivity contribution >= 4 is 44.6 Å². The van der Waals surface area contributed by atoms with Crippen LogP contribution in [0.25, 0.3) is 0 Å². The Hall–Kier alpha value is -3.30. The summed E-state index contributed by atoms with van der Waals surface area (Å²) in [4.78, 5) is 18.5. The molecule has 0 aliphatic heterocycles. The summed E-state index contributed by atoms with van der Waals surface area (Å²) in [6.45, 7) is 5.10. The van der Waals surface area contributed by atoms with Crippen LogP contribution < -0.4 is 19.7 Å². The third-order valence-corrected chi connectivity index (χ3v) is 6.57. The van der Waals surface area contributed by atoms with Gasteiger partial charge in [-0.15, -0.1) is 0 Å². The maximum atomic E-state index is 13.4. The molecule has 0 spiro atoms. The Morgan fingerprint density at radius 2 is 1.82 bits per heavy atom. The van der Waals surface area contributed by atoms with Crippen LogP contribution in [-0.4, -0.2) is 39.5 Å². The molecule has 0 saturated heterocycles. The van der Waals surface area contributed by atoms with Gasteiger partial charge in [-0.2, -0.15) is 0 Å². The second kappa shape index (κ2) is 10.5. The molecule has 8 nitrogen and oxygen atoms in total. The van der Waals surface area contributed by atoms with Crippen LogP contribution in [0.5, 0.6) is 5.75 Å². The third kappa shape index (κ3) is 5.74. The molecule has 0 radical (unpaired) electrons. The number of rotatable bonds is 9. The first kappa shape index (κ1) is 24.3. The predicted molar refractivity (Wildman–Crippen MR) is 131 cm³/mol. The van der Waals surface area contributed by atoms with Crippen molar-refractivity contribution in [3.8, 4) is 5.75 Å². The van der Waals surface area contributed by atoms with E-state index < -0.39 is 15.9 Å². The van der Waals surface area contributed by atoms with Gasteiger partial charge in [0.1, 0.15) is 15.8 Å². The quantitative estimate of drug-likeness (QED) is 0.425. The molecule has 0 saturated carbocycles. The Morgan fingerprint density at radius 1 is 1.09 bits per heavy atom. The number of nitrogens with zero attached hydrogens (tertiary/aromatic N) is 2. The molecule has 1 amide bonds. The fraction of sp³-hybridized carbons (Fsp3) is 0.217. The van der Waals surface area contributed by atoms with Gasteiger partial charge < -0.3 is 15.0 Å². The summed E-state index contributed by atoms with van der Waals surface area (Å²) in [6, 6.07) is 14.6. The van der Waals surface area contributed by atoms with Crippen molar-refractivity contribution in [3.63, 3.8) is 0 Å². The first-order valence-corrected chi connectivity index (χ1v) is 12.1. The van der Waals surface area contributed by atoms with E-state index in [4.69, 9.17) is 16.3 Å². The van der Waals surface area contributed by atoms with Crippen molar-refractivity contribution in [2.75, 3.05) is 35.1 Å². The van der Waals surface area contributed by atoms with Crippen molar-refractivity contribution < 1.29 is 17.9 Å². The molecule has 0 atom stereocenters. The lowest BCUT2D eigenvalue weighted by Gasteiger charge is -2.25. The normalized spacial score (nSPS) is 11.0. The summed E-state index contributed by atoms with van der Waals surface area (Å²) in [5, 5.41) is 2.99. The number of para-hydroxylation sites is 2. The van der Waals surface area contributed by atoms with E-state index in [0.29, 0.717) is 41.5 Å². The van der Waals surface area contributed by atoms with Gasteiger partial charge in [0.15, 0.2) is 0 Å². The van der Waals surface area contributed by atoms with Crippen molar-refractivity contribution in [2.24, 2.45) is 0 Å². The number of benzene rings is 2. The fourth-order valence-corrected chi connectivity index (χ4v) is 4.71. The maximum Gasteiger partial charge on any atom is 0.264 e. The number of aromatic nitrogens is 1. The van der Waals surface area contributed by atoms with E-state index in [1.165, 1.54) is 31.5 Å². The highest BCUT2D eigenvalue weighted by molar-refractivity contribution is 7.93. The number of hydrogen-bond donors (Lipinski definition) is 2. The van der Waals surface area contributed by atoms with Crippen molar-refractivity contribution in [1.29, 1.82) is 0 Å². The number of nitrogens with one attached hydrogen (secondary N) is 2. The molecule has 1 heterocycles. The van der Waals surface area contributed by atoms with Gasteiger partial charge in [-0.25, -0.2) is 13.4 Å². The summed E-state index contributed by atoms with van der Waals surface area (Å²) >= 11 is 5.78. The lowest BCUT2D eigenvalue weighted by molar-refractivity contribution is 0.102.